The predicted octanol–water partition coefficient (Wildman–Crippen LogP) is 2.04. The summed E-state index contributed by atoms with van der Waals surface area (Å²) in [7, 11) is 1.79. The molecule has 1 aromatic carbocycles. The van der Waals surface area contributed by atoms with E-state index >= 15 is 0 Å². The molecule has 0 bridgehead atoms. The van der Waals surface area contributed by atoms with E-state index < -0.39 is 0 Å². The van der Waals surface area contributed by atoms with Crippen LogP contribution in [0.3, 0.4) is 0 Å². The molecule has 0 saturated carbocycles. The second-order valence-corrected chi connectivity index (χ2v) is 3.36. The predicted molar refractivity (Wildman–Crippen MR) is 58.9 cm³/mol. The molecule has 4 nitrogen and oxygen atoms in total. The van der Waals surface area contributed by atoms with Crippen LogP contribution in [0.2, 0.25) is 0 Å². The number of hydrogen-bond donors (Lipinski definition) is 1. The van der Waals surface area contributed by atoms with Crippen molar-refractivity contribution >= 4 is 11.7 Å². The minimum absolute atomic E-state index is 0.271. The van der Waals surface area contributed by atoms with E-state index in [0.717, 1.165) is 5.69 Å². The maximum Gasteiger partial charge on any atom is 0.301 e. The fraction of sp³-hybridized carbons (Fsp3) is 0.182. The molecule has 0 unspecified atom stereocenters. The number of halogens is 1. The summed E-state index contributed by atoms with van der Waals surface area (Å²) < 4.78 is 18.0. The Morgan fingerprint density at radius 1 is 1.38 bits per heavy atom. The first-order valence-corrected chi connectivity index (χ1v) is 4.84. The van der Waals surface area contributed by atoms with E-state index in [4.69, 9.17) is 10.2 Å². The average molecular weight is 221 g/mol. The number of oxazole rings is 1. The third kappa shape index (κ3) is 2.04. The molecule has 0 fully saturated rings. The molecule has 0 atom stereocenters. The molecule has 0 aliphatic carbocycles. The van der Waals surface area contributed by atoms with Crippen molar-refractivity contribution in [1.82, 2.24) is 4.98 Å². The second kappa shape index (κ2) is 4.32. The van der Waals surface area contributed by atoms with Crippen molar-refractivity contribution in [1.29, 1.82) is 0 Å². The topological polar surface area (TPSA) is 55.3 Å². The van der Waals surface area contributed by atoms with E-state index in [0.29, 0.717) is 18.3 Å². The zero-order chi connectivity index (χ0) is 11.5. The van der Waals surface area contributed by atoms with E-state index in [9.17, 15) is 4.39 Å². The Balaban J connectivity index is 2.24. The van der Waals surface area contributed by atoms with Crippen molar-refractivity contribution in [3.05, 3.63) is 42.0 Å². The Morgan fingerprint density at radius 2 is 2.06 bits per heavy atom. The summed E-state index contributed by atoms with van der Waals surface area (Å²) in [6.07, 6.45) is 1.51. The van der Waals surface area contributed by atoms with Gasteiger partial charge in [-0.2, -0.15) is 4.98 Å². The van der Waals surface area contributed by atoms with Gasteiger partial charge in [0.05, 0.1) is 5.69 Å². The van der Waals surface area contributed by atoms with Gasteiger partial charge in [-0.15, -0.1) is 0 Å². The molecule has 0 saturated heterocycles. The highest BCUT2D eigenvalue weighted by Crippen LogP contribution is 2.22. The summed E-state index contributed by atoms with van der Waals surface area (Å²) >= 11 is 0. The Labute approximate surface area is 92.5 Å². The van der Waals surface area contributed by atoms with Crippen LogP contribution < -0.4 is 10.6 Å². The minimum Gasteiger partial charge on any atom is -0.431 e. The van der Waals surface area contributed by atoms with Crippen LogP contribution in [-0.2, 0) is 6.54 Å². The molecule has 5 heteroatoms. The molecule has 0 spiro atoms. The standard InChI is InChI=1S/C11H12FN3O/c1-15(10-4-2-8(12)3-5-10)11-14-9(6-13)7-16-11/h2-5,7H,6,13H2,1H3. The number of hydrogen-bond acceptors (Lipinski definition) is 4. The summed E-state index contributed by atoms with van der Waals surface area (Å²) in [4.78, 5) is 5.89. The van der Waals surface area contributed by atoms with Crippen LogP contribution in [0.15, 0.2) is 34.9 Å². The highest BCUT2D eigenvalue weighted by Gasteiger charge is 2.10. The van der Waals surface area contributed by atoms with E-state index in [1.165, 1.54) is 18.4 Å². The summed E-state index contributed by atoms with van der Waals surface area (Å²) in [5, 5.41) is 0. The van der Waals surface area contributed by atoms with Gasteiger partial charge in [-0.25, -0.2) is 4.39 Å². The summed E-state index contributed by atoms with van der Waals surface area (Å²) in [5.74, 6) is -0.271. The van der Waals surface area contributed by atoms with Crippen LogP contribution in [-0.4, -0.2) is 12.0 Å². The average Bonchev–Trinajstić information content (AvgIpc) is 2.77. The number of nitrogens with zero attached hydrogens (tertiary/aromatic N) is 2. The number of benzene rings is 1. The largest absolute Gasteiger partial charge is 0.431 e. The smallest absolute Gasteiger partial charge is 0.301 e. The van der Waals surface area contributed by atoms with Gasteiger partial charge in [-0.3, -0.25) is 4.90 Å². The quantitative estimate of drug-likeness (QED) is 0.861. The Morgan fingerprint density at radius 3 is 2.62 bits per heavy atom. The molecule has 0 amide bonds. The molecular formula is C11H12FN3O. The zero-order valence-electron chi connectivity index (χ0n) is 8.85. The third-order valence-electron chi connectivity index (χ3n) is 2.25. The normalized spacial score (nSPS) is 10.4. The summed E-state index contributed by atoms with van der Waals surface area (Å²) in [5.41, 5.74) is 6.91. The molecule has 2 rings (SSSR count). The van der Waals surface area contributed by atoms with Gasteiger partial charge >= 0.3 is 6.01 Å². The molecule has 0 radical (unpaired) electrons. The maximum atomic E-state index is 12.7. The summed E-state index contributed by atoms with van der Waals surface area (Å²) in [6, 6.07) is 6.52. The van der Waals surface area contributed by atoms with E-state index in [1.807, 2.05) is 0 Å². The minimum atomic E-state index is -0.271. The first-order valence-electron chi connectivity index (χ1n) is 4.84. The second-order valence-electron chi connectivity index (χ2n) is 3.36. The molecule has 84 valence electrons. The van der Waals surface area contributed by atoms with Crippen molar-refractivity contribution in [3.63, 3.8) is 0 Å². The molecule has 0 aliphatic rings. The van der Waals surface area contributed by atoms with Crippen LogP contribution >= 0.6 is 0 Å². The van der Waals surface area contributed by atoms with Crippen LogP contribution in [0.25, 0.3) is 0 Å². The van der Waals surface area contributed by atoms with Crippen LogP contribution in [0.4, 0.5) is 16.1 Å². The van der Waals surface area contributed by atoms with Crippen LogP contribution in [0.5, 0.6) is 0 Å². The molecule has 0 aliphatic heterocycles. The van der Waals surface area contributed by atoms with Crippen LogP contribution in [0, 0.1) is 5.82 Å². The first kappa shape index (κ1) is 10.6. The van der Waals surface area contributed by atoms with Gasteiger partial charge < -0.3 is 10.2 Å². The van der Waals surface area contributed by atoms with Gasteiger partial charge in [0.25, 0.3) is 0 Å². The lowest BCUT2D eigenvalue weighted by Gasteiger charge is -2.13. The monoisotopic (exact) mass is 221 g/mol. The van der Waals surface area contributed by atoms with Gasteiger partial charge in [0.1, 0.15) is 12.1 Å². The van der Waals surface area contributed by atoms with Crippen molar-refractivity contribution in [2.75, 3.05) is 11.9 Å². The highest BCUT2D eigenvalue weighted by molar-refractivity contribution is 5.54. The van der Waals surface area contributed by atoms with Crippen molar-refractivity contribution in [3.8, 4) is 0 Å². The first-order chi connectivity index (χ1) is 7.70. The molecule has 1 heterocycles. The molecule has 2 N–H and O–H groups in total. The van der Waals surface area contributed by atoms with Gasteiger partial charge in [0.15, 0.2) is 0 Å². The molecule has 2 aromatic rings. The van der Waals surface area contributed by atoms with Gasteiger partial charge in [0, 0.05) is 19.3 Å². The molecular weight excluding hydrogens is 209 g/mol. The third-order valence-corrected chi connectivity index (χ3v) is 2.25. The van der Waals surface area contributed by atoms with Gasteiger partial charge in [-0.1, -0.05) is 0 Å². The van der Waals surface area contributed by atoms with Crippen molar-refractivity contribution in [2.24, 2.45) is 5.73 Å². The number of rotatable bonds is 3. The van der Waals surface area contributed by atoms with Crippen molar-refractivity contribution in [2.45, 2.75) is 6.54 Å². The lowest BCUT2D eigenvalue weighted by atomic mass is 10.3. The lowest BCUT2D eigenvalue weighted by Crippen LogP contribution is -2.10. The number of nitrogens with two attached hydrogens (primary N) is 1. The van der Waals surface area contributed by atoms with E-state index in [-0.39, 0.29) is 5.82 Å². The SMILES string of the molecule is CN(c1ccc(F)cc1)c1nc(CN)co1. The Bertz CT molecular complexity index is 466. The fourth-order valence-corrected chi connectivity index (χ4v) is 1.32. The Kier molecular flexibility index (Phi) is 2.87. The van der Waals surface area contributed by atoms with E-state index in [2.05, 4.69) is 4.98 Å². The van der Waals surface area contributed by atoms with E-state index in [1.54, 1.807) is 24.1 Å². The molecule has 16 heavy (non-hydrogen) atoms. The molecule has 1 aromatic heterocycles. The Hall–Kier alpha value is -1.88. The zero-order valence-corrected chi connectivity index (χ0v) is 8.85. The fourth-order valence-electron chi connectivity index (χ4n) is 1.32. The lowest BCUT2D eigenvalue weighted by molar-refractivity contribution is 0.559. The van der Waals surface area contributed by atoms with Crippen LogP contribution in [0.1, 0.15) is 5.69 Å². The number of aromatic nitrogens is 1. The van der Waals surface area contributed by atoms with Crippen molar-refractivity contribution < 1.29 is 8.81 Å². The van der Waals surface area contributed by atoms with Gasteiger partial charge in [0.2, 0.25) is 0 Å². The summed E-state index contributed by atoms with van der Waals surface area (Å²) in [6.45, 7) is 0.334. The number of anilines is 2. The highest BCUT2D eigenvalue weighted by atomic mass is 19.1. The maximum absolute atomic E-state index is 12.7. The van der Waals surface area contributed by atoms with Gasteiger partial charge in [-0.05, 0) is 24.3 Å².